The Balaban J connectivity index is 2.21. The Labute approximate surface area is 129 Å². The van der Waals surface area contributed by atoms with Gasteiger partial charge in [-0.25, -0.2) is 9.00 Å². The molecule has 0 fully saturated rings. The molecule has 4 N–H and O–H groups in total. The van der Waals surface area contributed by atoms with Gasteiger partial charge in [-0.2, -0.15) is 0 Å². The minimum absolute atomic E-state index is 0.382. The van der Waals surface area contributed by atoms with Gasteiger partial charge in [0.2, 0.25) is 0 Å². The molecule has 2 rings (SSSR count). The van der Waals surface area contributed by atoms with Crippen LogP contribution in [0.1, 0.15) is 5.56 Å². The third-order valence-electron chi connectivity index (χ3n) is 2.61. The lowest BCUT2D eigenvalue weighted by molar-refractivity contribution is -0.131. The third-order valence-corrected chi connectivity index (χ3v) is 3.02. The van der Waals surface area contributed by atoms with Crippen molar-refractivity contribution in [1.82, 2.24) is 4.98 Å². The average molecular weight is 319 g/mol. The molecule has 22 heavy (non-hydrogen) atoms. The van der Waals surface area contributed by atoms with E-state index in [9.17, 15) is 9.00 Å². The highest BCUT2D eigenvalue weighted by atomic mass is 32.2. The predicted octanol–water partition coefficient (Wildman–Crippen LogP) is 2.17. The number of rotatable bonds is 6. The maximum absolute atomic E-state index is 10.9. The maximum Gasteiger partial charge on any atom is 0.330 e. The number of carboxylic acid groups (broad SMARTS) is 1. The molecule has 8 heteroatoms. The van der Waals surface area contributed by atoms with E-state index >= 15 is 0 Å². The standard InChI is InChI=1S/C14H13N3O4S/c18-14(19)8-13(10-2-1-7-15-9-10)16-11-3-5-12(6-4-11)17-22(20)21/h1-9,16-17H,(H,18,19)(H,20,21). The number of carboxylic acids is 1. The molecule has 0 saturated heterocycles. The quantitative estimate of drug-likeness (QED) is 0.479. The molecule has 0 aliphatic carbocycles. The molecule has 1 heterocycles. The third kappa shape index (κ3) is 4.69. The van der Waals surface area contributed by atoms with Crippen LogP contribution < -0.4 is 10.0 Å². The van der Waals surface area contributed by atoms with E-state index in [-0.39, 0.29) is 0 Å². The number of hydrogen-bond donors (Lipinski definition) is 4. The fourth-order valence-corrected chi connectivity index (χ4v) is 2.05. The molecule has 0 saturated carbocycles. The number of nitrogens with zero attached hydrogens (tertiary/aromatic N) is 1. The largest absolute Gasteiger partial charge is 0.478 e. The molecule has 0 aliphatic heterocycles. The van der Waals surface area contributed by atoms with Gasteiger partial charge in [0.1, 0.15) is 0 Å². The highest BCUT2D eigenvalue weighted by Crippen LogP contribution is 2.20. The Morgan fingerprint density at radius 3 is 2.41 bits per heavy atom. The number of aliphatic carboxylic acids is 1. The number of benzene rings is 1. The number of hydrogen-bond acceptors (Lipinski definition) is 4. The van der Waals surface area contributed by atoms with E-state index in [2.05, 4.69) is 15.0 Å². The first-order valence-corrected chi connectivity index (χ1v) is 7.25. The summed E-state index contributed by atoms with van der Waals surface area (Å²) in [6.07, 6.45) is 4.19. The lowest BCUT2D eigenvalue weighted by Gasteiger charge is -2.11. The second-order valence-electron chi connectivity index (χ2n) is 4.19. The fourth-order valence-electron chi connectivity index (χ4n) is 1.72. The lowest BCUT2D eigenvalue weighted by atomic mass is 10.2. The summed E-state index contributed by atoms with van der Waals surface area (Å²) in [7, 11) is 0. The van der Waals surface area contributed by atoms with Crippen LogP contribution in [-0.4, -0.2) is 24.8 Å². The van der Waals surface area contributed by atoms with Gasteiger partial charge in [0, 0.05) is 35.4 Å². The van der Waals surface area contributed by atoms with Gasteiger partial charge >= 0.3 is 5.97 Å². The molecule has 7 nitrogen and oxygen atoms in total. The van der Waals surface area contributed by atoms with Crippen LogP contribution in [0.2, 0.25) is 0 Å². The molecule has 1 aromatic carbocycles. The van der Waals surface area contributed by atoms with Crippen molar-refractivity contribution in [3.8, 4) is 0 Å². The summed E-state index contributed by atoms with van der Waals surface area (Å²) in [4.78, 5) is 14.9. The Bertz CT molecular complexity index is 702. The van der Waals surface area contributed by atoms with E-state index in [0.717, 1.165) is 6.08 Å². The summed E-state index contributed by atoms with van der Waals surface area (Å²) in [5, 5.41) is 11.9. The Hall–Kier alpha value is -2.71. The van der Waals surface area contributed by atoms with Crippen molar-refractivity contribution in [2.45, 2.75) is 0 Å². The molecule has 1 aromatic heterocycles. The van der Waals surface area contributed by atoms with Crippen LogP contribution in [0.15, 0.2) is 54.9 Å². The van der Waals surface area contributed by atoms with Crippen molar-refractivity contribution in [3.05, 3.63) is 60.4 Å². The molecular weight excluding hydrogens is 306 g/mol. The van der Waals surface area contributed by atoms with Crippen LogP contribution in [0.3, 0.4) is 0 Å². The van der Waals surface area contributed by atoms with Gasteiger partial charge < -0.3 is 10.4 Å². The number of aromatic nitrogens is 1. The monoisotopic (exact) mass is 319 g/mol. The number of anilines is 2. The zero-order valence-electron chi connectivity index (χ0n) is 11.3. The topological polar surface area (TPSA) is 112 Å². The van der Waals surface area contributed by atoms with E-state index in [1.807, 2.05) is 0 Å². The molecule has 0 amide bonds. The van der Waals surface area contributed by atoms with Gasteiger partial charge in [-0.1, -0.05) is 0 Å². The minimum Gasteiger partial charge on any atom is -0.478 e. The van der Waals surface area contributed by atoms with Crippen LogP contribution in [0.4, 0.5) is 11.4 Å². The van der Waals surface area contributed by atoms with Crippen molar-refractivity contribution in [3.63, 3.8) is 0 Å². The van der Waals surface area contributed by atoms with Crippen molar-refractivity contribution in [1.29, 1.82) is 0 Å². The zero-order chi connectivity index (χ0) is 15.9. The Kier molecular flexibility index (Phi) is 5.23. The maximum atomic E-state index is 10.9. The highest BCUT2D eigenvalue weighted by Gasteiger charge is 2.05. The normalized spacial score (nSPS) is 12.5. The molecule has 0 aliphatic rings. The van der Waals surface area contributed by atoms with Crippen LogP contribution in [-0.2, 0) is 16.1 Å². The van der Waals surface area contributed by atoms with Crippen LogP contribution in [0.25, 0.3) is 5.70 Å². The number of pyridine rings is 1. The van der Waals surface area contributed by atoms with Crippen molar-refractivity contribution < 1.29 is 18.7 Å². The molecule has 1 unspecified atom stereocenters. The second kappa shape index (κ2) is 7.34. The average Bonchev–Trinajstić information content (AvgIpc) is 2.48. The Morgan fingerprint density at radius 2 is 1.86 bits per heavy atom. The van der Waals surface area contributed by atoms with Gasteiger partial charge in [0.05, 0.1) is 5.70 Å². The first kappa shape index (κ1) is 15.7. The summed E-state index contributed by atoms with van der Waals surface area (Å²) in [6.45, 7) is 0. The molecule has 0 bridgehead atoms. The van der Waals surface area contributed by atoms with E-state index in [4.69, 9.17) is 9.66 Å². The van der Waals surface area contributed by atoms with Gasteiger partial charge in [0.25, 0.3) is 11.3 Å². The minimum atomic E-state index is -2.14. The van der Waals surface area contributed by atoms with Gasteiger partial charge in [-0.3, -0.25) is 14.3 Å². The van der Waals surface area contributed by atoms with E-state index < -0.39 is 17.2 Å². The summed E-state index contributed by atoms with van der Waals surface area (Å²) in [5.41, 5.74) is 2.11. The van der Waals surface area contributed by atoms with E-state index in [1.54, 1.807) is 48.8 Å². The highest BCUT2D eigenvalue weighted by molar-refractivity contribution is 7.80. The van der Waals surface area contributed by atoms with Crippen LogP contribution in [0.5, 0.6) is 0 Å². The van der Waals surface area contributed by atoms with Crippen molar-refractivity contribution in [2.75, 3.05) is 10.0 Å². The van der Waals surface area contributed by atoms with Crippen LogP contribution in [0, 0.1) is 0 Å². The first-order valence-electron chi connectivity index (χ1n) is 6.14. The fraction of sp³-hybridized carbons (Fsp3) is 0. The molecule has 114 valence electrons. The predicted molar refractivity (Wildman–Crippen MR) is 84.3 cm³/mol. The lowest BCUT2D eigenvalue weighted by Crippen LogP contribution is -2.04. The molecule has 0 radical (unpaired) electrons. The van der Waals surface area contributed by atoms with Crippen molar-refractivity contribution >= 4 is 34.3 Å². The first-order chi connectivity index (χ1) is 10.5. The van der Waals surface area contributed by atoms with Gasteiger partial charge in [-0.05, 0) is 36.4 Å². The van der Waals surface area contributed by atoms with E-state index in [0.29, 0.717) is 22.6 Å². The van der Waals surface area contributed by atoms with Crippen molar-refractivity contribution in [2.24, 2.45) is 0 Å². The summed E-state index contributed by atoms with van der Waals surface area (Å²) in [6, 6.07) is 9.94. The SMILES string of the molecule is O=C(O)C=C(Nc1ccc(NS(=O)O)cc1)c1cccnc1. The van der Waals surface area contributed by atoms with Gasteiger partial charge in [0.15, 0.2) is 0 Å². The molecule has 2 aromatic rings. The van der Waals surface area contributed by atoms with Gasteiger partial charge in [-0.15, -0.1) is 0 Å². The van der Waals surface area contributed by atoms with Crippen LogP contribution >= 0.6 is 0 Å². The zero-order valence-corrected chi connectivity index (χ0v) is 12.1. The van der Waals surface area contributed by atoms with E-state index in [1.165, 1.54) is 0 Å². The molecule has 0 spiro atoms. The smallest absolute Gasteiger partial charge is 0.330 e. The Morgan fingerprint density at radius 1 is 1.18 bits per heavy atom. The molecule has 1 atom stereocenters. The molecular formula is C14H13N3O4S. The number of carbonyl (C=O) groups is 1. The summed E-state index contributed by atoms with van der Waals surface area (Å²) in [5.74, 6) is -1.08. The number of nitrogens with one attached hydrogen (secondary N) is 2. The summed E-state index contributed by atoms with van der Waals surface area (Å²) < 4.78 is 21.7. The summed E-state index contributed by atoms with van der Waals surface area (Å²) >= 11 is -2.14. The second-order valence-corrected chi connectivity index (χ2v) is 4.89.